The van der Waals surface area contributed by atoms with E-state index in [0.717, 1.165) is 0 Å². The molecule has 12 heavy (non-hydrogen) atoms. The molecule has 2 nitrogen and oxygen atoms in total. The lowest BCUT2D eigenvalue weighted by molar-refractivity contribution is 0.708. The summed E-state index contributed by atoms with van der Waals surface area (Å²) in [6.45, 7) is 8.71. The molecule has 0 aliphatic carbocycles. The summed E-state index contributed by atoms with van der Waals surface area (Å²) in [5.41, 5.74) is 3.92. The van der Waals surface area contributed by atoms with Crippen LogP contribution in [0.3, 0.4) is 0 Å². The Morgan fingerprint density at radius 1 is 1.42 bits per heavy atom. The molecule has 0 spiro atoms. The summed E-state index contributed by atoms with van der Waals surface area (Å²) in [5, 5.41) is 4.40. The number of aromatic nitrogens is 2. The molecule has 0 aliphatic heterocycles. The van der Waals surface area contributed by atoms with E-state index in [2.05, 4.69) is 32.8 Å². The summed E-state index contributed by atoms with van der Waals surface area (Å²) >= 11 is 0. The zero-order valence-electron chi connectivity index (χ0n) is 8.68. The predicted octanol–water partition coefficient (Wildman–Crippen LogP) is 2.55. The highest BCUT2D eigenvalue weighted by molar-refractivity contribution is 5.27. The molecule has 1 unspecified atom stereocenters. The Morgan fingerprint density at radius 2 is 2.00 bits per heavy atom. The van der Waals surface area contributed by atoms with Crippen molar-refractivity contribution in [3.8, 4) is 0 Å². The number of hydrogen-bond donors (Lipinski definition) is 0. The summed E-state index contributed by atoms with van der Waals surface area (Å²) in [7, 11) is 2.01. The fourth-order valence-corrected chi connectivity index (χ4v) is 1.71. The maximum Gasteiger partial charge on any atom is 0.0631 e. The number of rotatable bonds is 2. The van der Waals surface area contributed by atoms with Gasteiger partial charge in [0.05, 0.1) is 5.69 Å². The molecule has 0 aliphatic rings. The van der Waals surface area contributed by atoms with Crippen molar-refractivity contribution in [2.45, 2.75) is 40.0 Å². The Morgan fingerprint density at radius 3 is 2.33 bits per heavy atom. The zero-order chi connectivity index (χ0) is 9.30. The van der Waals surface area contributed by atoms with Gasteiger partial charge in [-0.3, -0.25) is 4.68 Å². The Hall–Kier alpha value is -0.790. The maximum atomic E-state index is 4.40. The Balaban J connectivity index is 3.13. The van der Waals surface area contributed by atoms with Gasteiger partial charge in [-0.05, 0) is 31.7 Å². The van der Waals surface area contributed by atoms with Gasteiger partial charge >= 0.3 is 0 Å². The molecule has 0 amide bonds. The molecule has 1 heterocycles. The average Bonchev–Trinajstić information content (AvgIpc) is 2.26. The standard InChI is InChI=1S/C10H18N2/c1-6-7(2)10-8(3)11-12(5)9(10)4/h7H,6H2,1-5H3. The topological polar surface area (TPSA) is 17.8 Å². The largest absolute Gasteiger partial charge is 0.272 e. The van der Waals surface area contributed by atoms with E-state index in [0.29, 0.717) is 5.92 Å². The van der Waals surface area contributed by atoms with Crippen molar-refractivity contribution in [3.05, 3.63) is 17.0 Å². The first kappa shape index (κ1) is 9.30. The molecular formula is C10H18N2. The first-order valence-electron chi connectivity index (χ1n) is 4.58. The van der Waals surface area contributed by atoms with Gasteiger partial charge in [0.2, 0.25) is 0 Å². The monoisotopic (exact) mass is 166 g/mol. The molecule has 0 radical (unpaired) electrons. The van der Waals surface area contributed by atoms with E-state index in [9.17, 15) is 0 Å². The summed E-state index contributed by atoms with van der Waals surface area (Å²) in [6.07, 6.45) is 1.19. The SMILES string of the molecule is CCC(C)c1c(C)nn(C)c1C. The predicted molar refractivity (Wildman–Crippen MR) is 51.4 cm³/mol. The third-order valence-electron chi connectivity index (χ3n) is 2.67. The highest BCUT2D eigenvalue weighted by atomic mass is 15.3. The van der Waals surface area contributed by atoms with Crippen LogP contribution >= 0.6 is 0 Å². The van der Waals surface area contributed by atoms with Gasteiger partial charge in [0.15, 0.2) is 0 Å². The summed E-state index contributed by atoms with van der Waals surface area (Å²) in [6, 6.07) is 0. The summed E-state index contributed by atoms with van der Waals surface area (Å²) in [5.74, 6) is 0.638. The van der Waals surface area contributed by atoms with Gasteiger partial charge in [0.1, 0.15) is 0 Å². The third-order valence-corrected chi connectivity index (χ3v) is 2.67. The third kappa shape index (κ3) is 1.38. The van der Waals surface area contributed by atoms with Crippen LogP contribution in [0.15, 0.2) is 0 Å². The van der Waals surface area contributed by atoms with Crippen molar-refractivity contribution >= 4 is 0 Å². The van der Waals surface area contributed by atoms with E-state index in [-0.39, 0.29) is 0 Å². The molecule has 1 atom stereocenters. The van der Waals surface area contributed by atoms with Crippen molar-refractivity contribution in [1.82, 2.24) is 9.78 Å². The van der Waals surface area contributed by atoms with Gasteiger partial charge in [-0.2, -0.15) is 5.10 Å². The zero-order valence-corrected chi connectivity index (χ0v) is 8.68. The quantitative estimate of drug-likeness (QED) is 0.660. The molecule has 0 saturated heterocycles. The normalized spacial score (nSPS) is 13.4. The molecule has 0 aromatic carbocycles. The molecule has 1 rings (SSSR count). The molecule has 68 valence electrons. The number of aryl methyl sites for hydroxylation is 2. The molecule has 0 N–H and O–H groups in total. The van der Waals surface area contributed by atoms with Crippen LogP contribution in [0, 0.1) is 13.8 Å². The second-order valence-corrected chi connectivity index (χ2v) is 3.52. The molecular weight excluding hydrogens is 148 g/mol. The first-order valence-corrected chi connectivity index (χ1v) is 4.58. The first-order chi connectivity index (χ1) is 5.57. The second kappa shape index (κ2) is 3.30. The van der Waals surface area contributed by atoms with Gasteiger partial charge in [0.25, 0.3) is 0 Å². The van der Waals surface area contributed by atoms with Crippen LogP contribution in [0.2, 0.25) is 0 Å². The van der Waals surface area contributed by atoms with Crippen LogP contribution in [0.5, 0.6) is 0 Å². The summed E-state index contributed by atoms with van der Waals surface area (Å²) < 4.78 is 1.97. The van der Waals surface area contributed by atoms with Crippen molar-refractivity contribution in [2.75, 3.05) is 0 Å². The molecule has 1 aromatic heterocycles. The Kier molecular flexibility index (Phi) is 2.55. The van der Waals surface area contributed by atoms with E-state index >= 15 is 0 Å². The lowest BCUT2D eigenvalue weighted by Crippen LogP contribution is -1.97. The van der Waals surface area contributed by atoms with Gasteiger partial charge in [0, 0.05) is 12.7 Å². The van der Waals surface area contributed by atoms with Crippen molar-refractivity contribution in [3.63, 3.8) is 0 Å². The second-order valence-electron chi connectivity index (χ2n) is 3.52. The minimum absolute atomic E-state index is 0.638. The highest BCUT2D eigenvalue weighted by Crippen LogP contribution is 2.24. The van der Waals surface area contributed by atoms with E-state index in [1.807, 2.05) is 11.7 Å². The van der Waals surface area contributed by atoms with Gasteiger partial charge < -0.3 is 0 Å². The van der Waals surface area contributed by atoms with E-state index in [1.54, 1.807) is 0 Å². The van der Waals surface area contributed by atoms with Crippen LogP contribution in [0.1, 0.15) is 43.1 Å². The van der Waals surface area contributed by atoms with Gasteiger partial charge in [-0.1, -0.05) is 13.8 Å². The minimum atomic E-state index is 0.638. The lowest BCUT2D eigenvalue weighted by atomic mass is 9.97. The smallest absolute Gasteiger partial charge is 0.0631 e. The van der Waals surface area contributed by atoms with E-state index < -0.39 is 0 Å². The maximum absolute atomic E-state index is 4.40. The van der Waals surface area contributed by atoms with Crippen LogP contribution < -0.4 is 0 Å². The highest BCUT2D eigenvalue weighted by Gasteiger charge is 2.13. The minimum Gasteiger partial charge on any atom is -0.272 e. The molecule has 1 aromatic rings. The van der Waals surface area contributed by atoms with Crippen LogP contribution in [-0.2, 0) is 7.05 Å². The molecule has 0 bridgehead atoms. The van der Waals surface area contributed by atoms with Crippen molar-refractivity contribution in [2.24, 2.45) is 7.05 Å². The van der Waals surface area contributed by atoms with Crippen LogP contribution in [0.25, 0.3) is 0 Å². The van der Waals surface area contributed by atoms with Gasteiger partial charge in [-0.15, -0.1) is 0 Å². The molecule has 0 saturated carbocycles. The van der Waals surface area contributed by atoms with Crippen molar-refractivity contribution < 1.29 is 0 Å². The number of hydrogen-bond acceptors (Lipinski definition) is 1. The number of nitrogens with zero attached hydrogens (tertiary/aromatic N) is 2. The van der Waals surface area contributed by atoms with Crippen LogP contribution in [0.4, 0.5) is 0 Å². The van der Waals surface area contributed by atoms with Gasteiger partial charge in [-0.25, -0.2) is 0 Å². The Bertz CT molecular complexity index is 274. The van der Waals surface area contributed by atoms with Crippen molar-refractivity contribution in [1.29, 1.82) is 0 Å². The fourth-order valence-electron chi connectivity index (χ4n) is 1.71. The average molecular weight is 166 g/mol. The molecule has 2 heteroatoms. The Labute approximate surface area is 74.6 Å². The summed E-state index contributed by atoms with van der Waals surface area (Å²) in [4.78, 5) is 0. The van der Waals surface area contributed by atoms with Crippen LogP contribution in [-0.4, -0.2) is 9.78 Å². The van der Waals surface area contributed by atoms with E-state index in [4.69, 9.17) is 0 Å². The molecule has 0 fully saturated rings. The lowest BCUT2D eigenvalue weighted by Gasteiger charge is -2.08. The fraction of sp³-hybridized carbons (Fsp3) is 0.700. The van der Waals surface area contributed by atoms with E-state index in [1.165, 1.54) is 23.4 Å².